The number of aliphatic carboxylic acids is 1. The third kappa shape index (κ3) is 2.87. The molecule has 0 atom stereocenters. The fraction of sp³-hybridized carbons (Fsp3) is 0.357. The highest BCUT2D eigenvalue weighted by molar-refractivity contribution is 8.18. The van der Waals surface area contributed by atoms with E-state index < -0.39 is 23.7 Å². The maximum absolute atomic E-state index is 12.1. The normalized spacial score (nSPS) is 17.1. The number of aryl methyl sites for hydroxylation is 1. The smallest absolute Gasteiger partial charge is 0.323 e. The van der Waals surface area contributed by atoms with Crippen molar-refractivity contribution < 1.29 is 19.5 Å². The van der Waals surface area contributed by atoms with Gasteiger partial charge in [0.25, 0.3) is 11.1 Å². The van der Waals surface area contributed by atoms with Crippen LogP contribution in [0.5, 0.6) is 0 Å². The van der Waals surface area contributed by atoms with E-state index in [1.807, 2.05) is 26.8 Å². The van der Waals surface area contributed by atoms with Crippen LogP contribution in [0.25, 0.3) is 6.08 Å². The van der Waals surface area contributed by atoms with E-state index in [-0.39, 0.29) is 4.91 Å². The summed E-state index contributed by atoms with van der Waals surface area (Å²) < 4.78 is 2.10. The molecule has 2 heterocycles. The first-order chi connectivity index (χ1) is 9.85. The van der Waals surface area contributed by atoms with E-state index in [1.165, 1.54) is 0 Å². The van der Waals surface area contributed by atoms with Crippen LogP contribution in [0.3, 0.4) is 0 Å². The molecule has 0 unspecified atom stereocenters. The number of carboxylic acids is 1. The van der Waals surface area contributed by atoms with Gasteiger partial charge < -0.3 is 9.67 Å². The fourth-order valence-electron chi connectivity index (χ4n) is 2.37. The largest absolute Gasteiger partial charge is 0.480 e. The zero-order chi connectivity index (χ0) is 15.7. The molecular weight excluding hydrogens is 292 g/mol. The number of hydrogen-bond acceptors (Lipinski definition) is 4. The number of thioether (sulfide) groups is 1. The molecule has 1 aliphatic rings. The number of carbonyl (C=O) groups is 3. The summed E-state index contributed by atoms with van der Waals surface area (Å²) in [5.74, 6) is -1.75. The zero-order valence-electron chi connectivity index (χ0n) is 12.0. The molecule has 7 heteroatoms. The van der Waals surface area contributed by atoms with E-state index in [2.05, 4.69) is 4.57 Å². The number of carbonyl (C=O) groups excluding carboxylic acids is 2. The van der Waals surface area contributed by atoms with Crippen molar-refractivity contribution in [1.29, 1.82) is 0 Å². The molecule has 1 fully saturated rings. The van der Waals surface area contributed by atoms with Crippen molar-refractivity contribution in [3.63, 3.8) is 0 Å². The van der Waals surface area contributed by atoms with Crippen LogP contribution >= 0.6 is 11.8 Å². The summed E-state index contributed by atoms with van der Waals surface area (Å²) in [7, 11) is 0. The van der Waals surface area contributed by atoms with Gasteiger partial charge in [0.15, 0.2) is 0 Å². The van der Waals surface area contributed by atoms with E-state index >= 15 is 0 Å². The lowest BCUT2D eigenvalue weighted by Crippen LogP contribution is -2.33. The molecule has 1 aromatic rings. The Morgan fingerprint density at radius 1 is 1.38 bits per heavy atom. The van der Waals surface area contributed by atoms with Crippen molar-refractivity contribution in [2.75, 3.05) is 6.54 Å². The second-order valence-corrected chi connectivity index (χ2v) is 5.73. The topological polar surface area (TPSA) is 79.6 Å². The summed E-state index contributed by atoms with van der Waals surface area (Å²) in [6, 6.07) is 1.95. The van der Waals surface area contributed by atoms with Gasteiger partial charge in [-0.05, 0) is 50.2 Å². The molecule has 6 nitrogen and oxygen atoms in total. The molecule has 0 radical (unpaired) electrons. The summed E-state index contributed by atoms with van der Waals surface area (Å²) >= 11 is 0.776. The van der Waals surface area contributed by atoms with Gasteiger partial charge in [0, 0.05) is 17.9 Å². The van der Waals surface area contributed by atoms with Gasteiger partial charge in [-0.2, -0.15) is 0 Å². The van der Waals surface area contributed by atoms with Crippen LogP contribution in [0.2, 0.25) is 0 Å². The number of aromatic nitrogens is 1. The van der Waals surface area contributed by atoms with Gasteiger partial charge >= 0.3 is 5.97 Å². The Morgan fingerprint density at radius 3 is 2.57 bits per heavy atom. The predicted octanol–water partition coefficient (Wildman–Crippen LogP) is 2.25. The van der Waals surface area contributed by atoms with Crippen LogP contribution in [0.15, 0.2) is 11.0 Å². The highest BCUT2D eigenvalue weighted by Crippen LogP contribution is 2.33. The van der Waals surface area contributed by atoms with Gasteiger partial charge in [-0.15, -0.1) is 0 Å². The molecule has 0 aromatic carbocycles. The Morgan fingerprint density at radius 2 is 2.05 bits per heavy atom. The third-order valence-electron chi connectivity index (χ3n) is 3.38. The summed E-state index contributed by atoms with van der Waals surface area (Å²) in [6.45, 7) is 6.18. The maximum Gasteiger partial charge on any atom is 0.323 e. The lowest BCUT2D eigenvalue weighted by Gasteiger charge is -2.07. The van der Waals surface area contributed by atoms with Crippen LogP contribution in [-0.2, 0) is 16.1 Å². The Labute approximate surface area is 126 Å². The lowest BCUT2D eigenvalue weighted by molar-refractivity contribution is -0.140. The minimum atomic E-state index is -1.21. The molecule has 2 rings (SSSR count). The second kappa shape index (κ2) is 5.77. The summed E-state index contributed by atoms with van der Waals surface area (Å²) in [5.41, 5.74) is 2.96. The number of nitrogens with zero attached hydrogens (tertiary/aromatic N) is 2. The van der Waals surface area contributed by atoms with Gasteiger partial charge in [-0.25, -0.2) is 0 Å². The van der Waals surface area contributed by atoms with Crippen LogP contribution in [0.4, 0.5) is 4.79 Å². The van der Waals surface area contributed by atoms with Crippen molar-refractivity contribution in [1.82, 2.24) is 9.47 Å². The van der Waals surface area contributed by atoms with E-state index in [0.29, 0.717) is 0 Å². The average molecular weight is 308 g/mol. The van der Waals surface area contributed by atoms with Crippen molar-refractivity contribution >= 4 is 35.0 Å². The zero-order valence-corrected chi connectivity index (χ0v) is 12.9. The van der Waals surface area contributed by atoms with Gasteiger partial charge in [-0.3, -0.25) is 19.3 Å². The molecular formula is C14H16N2O4S. The van der Waals surface area contributed by atoms with Gasteiger partial charge in [0.1, 0.15) is 6.54 Å². The van der Waals surface area contributed by atoms with E-state index in [0.717, 1.165) is 40.2 Å². The maximum atomic E-state index is 12.1. The van der Waals surface area contributed by atoms with Crippen molar-refractivity contribution in [2.24, 2.45) is 0 Å². The van der Waals surface area contributed by atoms with Crippen LogP contribution in [0.1, 0.15) is 23.9 Å². The first-order valence-corrected chi connectivity index (χ1v) is 7.30. The number of amides is 2. The Bertz CT molecular complexity index is 660. The second-order valence-electron chi connectivity index (χ2n) is 4.73. The molecule has 112 valence electrons. The molecule has 0 saturated carbocycles. The molecule has 1 saturated heterocycles. The monoisotopic (exact) mass is 308 g/mol. The molecule has 0 bridgehead atoms. The van der Waals surface area contributed by atoms with Crippen molar-refractivity contribution in [2.45, 2.75) is 27.3 Å². The van der Waals surface area contributed by atoms with Crippen LogP contribution in [-0.4, -0.2) is 38.2 Å². The number of carboxylic acid groups (broad SMARTS) is 1. The first-order valence-electron chi connectivity index (χ1n) is 6.49. The molecule has 0 spiro atoms. The van der Waals surface area contributed by atoms with E-state index in [4.69, 9.17) is 5.11 Å². The molecule has 21 heavy (non-hydrogen) atoms. The van der Waals surface area contributed by atoms with Gasteiger partial charge in [0.05, 0.1) is 4.91 Å². The Kier molecular flexibility index (Phi) is 4.22. The lowest BCUT2D eigenvalue weighted by atomic mass is 10.2. The summed E-state index contributed by atoms with van der Waals surface area (Å²) in [4.78, 5) is 35.5. The fourth-order valence-corrected chi connectivity index (χ4v) is 3.20. The van der Waals surface area contributed by atoms with Crippen LogP contribution in [0, 0.1) is 13.8 Å². The predicted molar refractivity (Wildman–Crippen MR) is 79.9 cm³/mol. The summed E-state index contributed by atoms with van der Waals surface area (Å²) in [5, 5.41) is 8.18. The third-order valence-corrected chi connectivity index (χ3v) is 4.29. The highest BCUT2D eigenvalue weighted by Gasteiger charge is 2.36. The SMILES string of the molecule is CCn1c(C)cc(/C=C2/SC(=O)N(CC(=O)O)C2=O)c1C. The van der Waals surface area contributed by atoms with Crippen molar-refractivity contribution in [3.8, 4) is 0 Å². The first kappa shape index (κ1) is 15.4. The molecule has 1 aromatic heterocycles. The standard InChI is InChI=1S/C14H16N2O4S/c1-4-15-8(2)5-10(9(15)3)6-11-13(19)16(7-12(17)18)14(20)21-11/h5-6H,4,7H2,1-3H3,(H,17,18)/b11-6+. The summed E-state index contributed by atoms with van der Waals surface area (Å²) in [6.07, 6.45) is 1.65. The van der Waals surface area contributed by atoms with E-state index in [1.54, 1.807) is 6.08 Å². The number of hydrogen-bond donors (Lipinski definition) is 1. The minimum absolute atomic E-state index is 0.262. The molecule has 0 aliphatic carbocycles. The Balaban J connectivity index is 2.33. The molecule has 2 amide bonds. The average Bonchev–Trinajstić information content (AvgIpc) is 2.81. The van der Waals surface area contributed by atoms with E-state index in [9.17, 15) is 14.4 Å². The van der Waals surface area contributed by atoms with Crippen LogP contribution < -0.4 is 0 Å². The van der Waals surface area contributed by atoms with Gasteiger partial charge in [0.2, 0.25) is 0 Å². The molecule has 1 aliphatic heterocycles. The Hall–Kier alpha value is -2.02. The van der Waals surface area contributed by atoms with Gasteiger partial charge in [-0.1, -0.05) is 0 Å². The quantitative estimate of drug-likeness (QED) is 0.863. The molecule has 1 N–H and O–H groups in total. The van der Waals surface area contributed by atoms with Crippen molar-refractivity contribution in [3.05, 3.63) is 27.9 Å². The number of rotatable bonds is 4. The minimum Gasteiger partial charge on any atom is -0.480 e. The highest BCUT2D eigenvalue weighted by atomic mass is 32.2. The number of imide groups is 1.